The van der Waals surface area contributed by atoms with E-state index in [1.165, 1.54) is 0 Å². The van der Waals surface area contributed by atoms with E-state index in [4.69, 9.17) is 4.42 Å². The SMILES string of the molecule is Cc1ccc(C)c(S(=O)(=O)N2CCN(Cc3csc(-c4ccco4)n3)CC2)c1. The van der Waals surface area contributed by atoms with E-state index in [0.29, 0.717) is 37.6 Å². The number of hydrogen-bond donors (Lipinski definition) is 0. The fraction of sp³-hybridized carbons (Fsp3) is 0.350. The molecule has 0 unspecified atom stereocenters. The summed E-state index contributed by atoms with van der Waals surface area (Å²) in [6.45, 7) is 6.85. The Labute approximate surface area is 169 Å². The van der Waals surface area contributed by atoms with E-state index >= 15 is 0 Å². The van der Waals surface area contributed by atoms with Gasteiger partial charge < -0.3 is 4.42 Å². The van der Waals surface area contributed by atoms with E-state index in [1.807, 2.05) is 43.5 Å². The minimum atomic E-state index is -3.46. The van der Waals surface area contributed by atoms with E-state index in [-0.39, 0.29) is 0 Å². The average molecular weight is 418 g/mol. The van der Waals surface area contributed by atoms with Crippen molar-refractivity contribution < 1.29 is 12.8 Å². The Morgan fingerprint density at radius 1 is 1.14 bits per heavy atom. The number of benzene rings is 1. The van der Waals surface area contributed by atoms with Crippen molar-refractivity contribution in [1.29, 1.82) is 0 Å². The van der Waals surface area contributed by atoms with Crippen molar-refractivity contribution in [2.45, 2.75) is 25.3 Å². The molecule has 148 valence electrons. The summed E-state index contributed by atoms with van der Waals surface area (Å²) in [5.74, 6) is 0.778. The number of aromatic nitrogens is 1. The minimum absolute atomic E-state index is 0.420. The highest BCUT2D eigenvalue weighted by atomic mass is 32.2. The van der Waals surface area contributed by atoms with Crippen molar-refractivity contribution in [1.82, 2.24) is 14.2 Å². The third kappa shape index (κ3) is 3.91. The molecule has 3 aromatic rings. The quantitative estimate of drug-likeness (QED) is 0.635. The molecular weight excluding hydrogens is 394 g/mol. The molecule has 1 aliphatic rings. The molecule has 0 radical (unpaired) electrons. The van der Waals surface area contributed by atoms with Crippen LogP contribution in [0.2, 0.25) is 0 Å². The van der Waals surface area contributed by atoms with E-state index in [2.05, 4.69) is 9.88 Å². The number of nitrogens with zero attached hydrogens (tertiary/aromatic N) is 3. The van der Waals surface area contributed by atoms with E-state index in [9.17, 15) is 8.42 Å². The van der Waals surface area contributed by atoms with Gasteiger partial charge in [0.05, 0.1) is 16.9 Å². The van der Waals surface area contributed by atoms with Crippen molar-refractivity contribution in [3.63, 3.8) is 0 Å². The third-order valence-corrected chi connectivity index (χ3v) is 7.91. The summed E-state index contributed by atoms with van der Waals surface area (Å²) in [5, 5.41) is 2.91. The maximum atomic E-state index is 13.0. The minimum Gasteiger partial charge on any atom is -0.462 e. The van der Waals surface area contributed by atoms with Crippen LogP contribution in [0.15, 0.2) is 51.3 Å². The molecule has 1 aliphatic heterocycles. The van der Waals surface area contributed by atoms with Gasteiger partial charge in [-0.05, 0) is 43.2 Å². The average Bonchev–Trinajstić information content (AvgIpc) is 3.36. The van der Waals surface area contributed by atoms with Gasteiger partial charge in [-0.1, -0.05) is 12.1 Å². The monoisotopic (exact) mass is 417 g/mol. The number of hydrogen-bond acceptors (Lipinski definition) is 6. The Morgan fingerprint density at radius 2 is 1.93 bits per heavy atom. The number of thiazole rings is 1. The van der Waals surface area contributed by atoms with Gasteiger partial charge in [-0.3, -0.25) is 4.90 Å². The van der Waals surface area contributed by atoms with E-state index < -0.39 is 10.0 Å². The fourth-order valence-corrected chi connectivity index (χ4v) is 5.88. The summed E-state index contributed by atoms with van der Waals surface area (Å²) < 4.78 is 33.1. The second kappa shape index (κ2) is 7.79. The fourth-order valence-electron chi connectivity index (χ4n) is 3.37. The summed E-state index contributed by atoms with van der Waals surface area (Å²) in [7, 11) is -3.46. The predicted molar refractivity (Wildman–Crippen MR) is 110 cm³/mol. The maximum absolute atomic E-state index is 13.0. The van der Waals surface area contributed by atoms with Crippen molar-refractivity contribution in [2.24, 2.45) is 0 Å². The molecule has 6 nitrogen and oxygen atoms in total. The molecular formula is C20H23N3O3S2. The van der Waals surface area contributed by atoms with E-state index in [0.717, 1.165) is 27.6 Å². The highest BCUT2D eigenvalue weighted by molar-refractivity contribution is 7.89. The van der Waals surface area contributed by atoms with Gasteiger partial charge in [0.15, 0.2) is 10.8 Å². The van der Waals surface area contributed by atoms with Gasteiger partial charge in [-0.2, -0.15) is 4.31 Å². The summed E-state index contributed by atoms with van der Waals surface area (Å²) in [6, 6.07) is 9.34. The van der Waals surface area contributed by atoms with E-state index in [1.54, 1.807) is 28.0 Å². The van der Waals surface area contributed by atoms with Gasteiger partial charge in [-0.15, -0.1) is 11.3 Å². The molecule has 0 aliphatic carbocycles. The lowest BCUT2D eigenvalue weighted by Crippen LogP contribution is -2.48. The Kier molecular flexibility index (Phi) is 5.37. The van der Waals surface area contributed by atoms with Crippen molar-refractivity contribution >= 4 is 21.4 Å². The van der Waals surface area contributed by atoms with Crippen LogP contribution in [-0.2, 0) is 16.6 Å². The lowest BCUT2D eigenvalue weighted by molar-refractivity contribution is 0.180. The van der Waals surface area contributed by atoms with Gasteiger partial charge in [0.25, 0.3) is 0 Å². The van der Waals surface area contributed by atoms with Gasteiger partial charge in [0.1, 0.15) is 0 Å². The van der Waals surface area contributed by atoms with Gasteiger partial charge >= 0.3 is 0 Å². The number of rotatable bonds is 5. The number of furan rings is 1. The first-order valence-corrected chi connectivity index (χ1v) is 11.5. The molecule has 8 heteroatoms. The molecule has 0 saturated carbocycles. The Balaban J connectivity index is 1.40. The molecule has 0 spiro atoms. The zero-order chi connectivity index (χ0) is 19.7. The Bertz CT molecular complexity index is 1050. The van der Waals surface area contributed by atoms with Crippen LogP contribution in [0.4, 0.5) is 0 Å². The van der Waals surface area contributed by atoms with Crippen molar-refractivity contribution in [2.75, 3.05) is 26.2 Å². The van der Waals surface area contributed by atoms with Crippen LogP contribution >= 0.6 is 11.3 Å². The van der Waals surface area contributed by atoms with Crippen LogP contribution in [0.1, 0.15) is 16.8 Å². The highest BCUT2D eigenvalue weighted by Crippen LogP contribution is 2.26. The van der Waals surface area contributed by atoms with Crippen LogP contribution in [0.5, 0.6) is 0 Å². The van der Waals surface area contributed by atoms with Crippen LogP contribution in [0.25, 0.3) is 10.8 Å². The van der Waals surface area contributed by atoms with Crippen molar-refractivity contribution in [3.8, 4) is 10.8 Å². The second-order valence-corrected chi connectivity index (χ2v) is 9.83. The molecule has 2 aromatic heterocycles. The smallest absolute Gasteiger partial charge is 0.243 e. The second-order valence-electron chi connectivity index (χ2n) is 7.07. The predicted octanol–water partition coefficient (Wildman–Crippen LogP) is 3.53. The lowest BCUT2D eigenvalue weighted by atomic mass is 10.2. The first kappa shape index (κ1) is 19.3. The summed E-state index contributed by atoms with van der Waals surface area (Å²) >= 11 is 1.56. The number of piperazine rings is 1. The summed E-state index contributed by atoms with van der Waals surface area (Å²) in [6.07, 6.45) is 1.64. The normalized spacial score (nSPS) is 16.5. The van der Waals surface area contributed by atoms with Crippen LogP contribution in [-0.4, -0.2) is 48.8 Å². The molecule has 0 amide bonds. The third-order valence-electron chi connectivity index (χ3n) is 4.96. The molecule has 28 heavy (non-hydrogen) atoms. The number of sulfonamides is 1. The Morgan fingerprint density at radius 3 is 2.64 bits per heavy atom. The first-order chi connectivity index (χ1) is 13.4. The molecule has 1 fully saturated rings. The highest BCUT2D eigenvalue weighted by Gasteiger charge is 2.29. The maximum Gasteiger partial charge on any atom is 0.243 e. The van der Waals surface area contributed by atoms with Gasteiger partial charge in [0.2, 0.25) is 10.0 Å². The van der Waals surface area contributed by atoms with Gasteiger partial charge in [-0.25, -0.2) is 13.4 Å². The van der Waals surface area contributed by atoms with Crippen LogP contribution < -0.4 is 0 Å². The molecule has 1 aromatic carbocycles. The molecule has 0 N–H and O–H groups in total. The molecule has 0 bridgehead atoms. The van der Waals surface area contributed by atoms with Crippen LogP contribution in [0.3, 0.4) is 0 Å². The standard InChI is InChI=1S/C20H23N3O3S2/c1-15-5-6-16(2)19(12-15)28(24,25)23-9-7-22(8-10-23)13-17-14-27-20(21-17)18-4-3-11-26-18/h3-6,11-12,14H,7-10,13H2,1-2H3. The lowest BCUT2D eigenvalue weighted by Gasteiger charge is -2.33. The molecule has 1 saturated heterocycles. The zero-order valence-electron chi connectivity index (χ0n) is 16.0. The van der Waals surface area contributed by atoms with Crippen LogP contribution in [0, 0.1) is 13.8 Å². The van der Waals surface area contributed by atoms with Gasteiger partial charge in [0, 0.05) is 38.1 Å². The molecule has 0 atom stereocenters. The Hall–Kier alpha value is -2.00. The molecule has 3 heterocycles. The summed E-state index contributed by atoms with van der Waals surface area (Å²) in [5.41, 5.74) is 2.74. The first-order valence-electron chi connectivity index (χ1n) is 9.21. The largest absolute Gasteiger partial charge is 0.462 e. The molecule has 4 rings (SSSR count). The number of aryl methyl sites for hydroxylation is 2. The topological polar surface area (TPSA) is 66.7 Å². The zero-order valence-corrected chi connectivity index (χ0v) is 17.6. The summed E-state index contributed by atoms with van der Waals surface area (Å²) in [4.78, 5) is 7.30. The van der Waals surface area contributed by atoms with Crippen molar-refractivity contribution in [3.05, 3.63) is 58.8 Å².